The zero-order valence-electron chi connectivity index (χ0n) is 8.60. The van der Waals surface area contributed by atoms with Crippen LogP contribution < -0.4 is 4.72 Å². The van der Waals surface area contributed by atoms with Crippen molar-refractivity contribution in [3.8, 4) is 0 Å². The first-order chi connectivity index (χ1) is 7.38. The van der Waals surface area contributed by atoms with Gasteiger partial charge in [0.05, 0.1) is 10.4 Å². The number of thiophene rings is 1. The predicted molar refractivity (Wildman–Crippen MR) is 63.4 cm³/mol. The summed E-state index contributed by atoms with van der Waals surface area (Å²) in [5, 5.41) is 9.08. The molecule has 0 aliphatic heterocycles. The van der Waals surface area contributed by atoms with Gasteiger partial charge in [0.1, 0.15) is 4.21 Å². The van der Waals surface area contributed by atoms with E-state index in [4.69, 9.17) is 16.7 Å². The highest BCUT2D eigenvalue weighted by atomic mass is 35.5. The van der Waals surface area contributed by atoms with E-state index in [1.807, 2.05) is 0 Å². The van der Waals surface area contributed by atoms with Crippen LogP contribution in [0.15, 0.2) is 10.3 Å². The summed E-state index contributed by atoms with van der Waals surface area (Å²) < 4.78 is 27.0. The molecule has 2 rings (SSSR count). The smallest absolute Gasteiger partial charge is 0.250 e. The van der Waals surface area contributed by atoms with Crippen LogP contribution in [0.1, 0.15) is 18.4 Å². The maximum Gasteiger partial charge on any atom is 0.250 e. The standard InChI is InChI=1S/C9H12ClNO3S2/c1-5-2-8(15-9(5)10)16(13,14)11-6-3-7(12)4-6/h2,6-7,11-12H,3-4H2,1H3. The number of aliphatic hydroxyl groups is 1. The first-order valence-electron chi connectivity index (χ1n) is 4.85. The first kappa shape index (κ1) is 12.3. The van der Waals surface area contributed by atoms with Gasteiger partial charge in [-0.25, -0.2) is 13.1 Å². The van der Waals surface area contributed by atoms with E-state index < -0.39 is 10.0 Å². The number of halogens is 1. The Morgan fingerprint density at radius 1 is 1.56 bits per heavy atom. The molecule has 1 heterocycles. The molecule has 0 amide bonds. The average Bonchev–Trinajstić information content (AvgIpc) is 2.45. The van der Waals surface area contributed by atoms with Crippen molar-refractivity contribution in [3.63, 3.8) is 0 Å². The third kappa shape index (κ3) is 2.41. The Balaban J connectivity index is 2.13. The molecule has 0 atom stereocenters. The lowest BCUT2D eigenvalue weighted by atomic mass is 9.91. The number of aryl methyl sites for hydroxylation is 1. The topological polar surface area (TPSA) is 66.4 Å². The van der Waals surface area contributed by atoms with Crippen molar-refractivity contribution < 1.29 is 13.5 Å². The first-order valence-corrected chi connectivity index (χ1v) is 7.52. The zero-order chi connectivity index (χ0) is 11.9. The maximum absolute atomic E-state index is 11.9. The molecule has 0 bridgehead atoms. The van der Waals surface area contributed by atoms with Gasteiger partial charge < -0.3 is 5.11 Å². The number of nitrogens with one attached hydrogen (secondary N) is 1. The molecule has 1 saturated carbocycles. The third-order valence-corrected chi connectivity index (χ3v) is 6.08. The van der Waals surface area contributed by atoms with E-state index >= 15 is 0 Å². The average molecular weight is 282 g/mol. The quantitative estimate of drug-likeness (QED) is 0.883. The fourth-order valence-electron chi connectivity index (χ4n) is 1.53. The molecule has 90 valence electrons. The van der Waals surface area contributed by atoms with E-state index in [-0.39, 0.29) is 16.4 Å². The molecule has 1 aromatic rings. The molecular formula is C9H12ClNO3S2. The van der Waals surface area contributed by atoms with Crippen LogP contribution in [0.3, 0.4) is 0 Å². The zero-order valence-corrected chi connectivity index (χ0v) is 11.0. The summed E-state index contributed by atoms with van der Waals surface area (Å²) >= 11 is 6.88. The van der Waals surface area contributed by atoms with E-state index in [1.54, 1.807) is 13.0 Å². The molecule has 1 aliphatic rings. The van der Waals surface area contributed by atoms with Crippen LogP contribution in [0, 0.1) is 6.92 Å². The summed E-state index contributed by atoms with van der Waals surface area (Å²) in [4.78, 5) is 0. The van der Waals surface area contributed by atoms with E-state index in [9.17, 15) is 8.42 Å². The second kappa shape index (κ2) is 4.27. The highest BCUT2D eigenvalue weighted by Crippen LogP contribution is 2.31. The maximum atomic E-state index is 11.9. The Kier molecular flexibility index (Phi) is 3.29. The van der Waals surface area contributed by atoms with E-state index in [0.29, 0.717) is 17.2 Å². The summed E-state index contributed by atoms with van der Waals surface area (Å²) in [5.74, 6) is 0. The second-order valence-electron chi connectivity index (χ2n) is 3.97. The summed E-state index contributed by atoms with van der Waals surface area (Å²) in [6, 6.07) is 1.41. The largest absolute Gasteiger partial charge is 0.393 e. The van der Waals surface area contributed by atoms with Gasteiger partial charge in [0.2, 0.25) is 10.0 Å². The SMILES string of the molecule is Cc1cc(S(=O)(=O)NC2CC(O)C2)sc1Cl. The van der Waals surface area contributed by atoms with Crippen molar-refractivity contribution in [2.75, 3.05) is 0 Å². The van der Waals surface area contributed by atoms with Gasteiger partial charge in [-0.15, -0.1) is 11.3 Å². The van der Waals surface area contributed by atoms with E-state index in [2.05, 4.69) is 4.72 Å². The van der Waals surface area contributed by atoms with Crippen LogP contribution >= 0.6 is 22.9 Å². The van der Waals surface area contributed by atoms with Crippen LogP contribution in [0.2, 0.25) is 4.34 Å². The molecule has 0 unspecified atom stereocenters. The van der Waals surface area contributed by atoms with Crippen molar-refractivity contribution in [1.29, 1.82) is 0 Å². The normalized spacial score (nSPS) is 25.4. The minimum absolute atomic E-state index is 0.152. The van der Waals surface area contributed by atoms with Gasteiger partial charge in [-0.05, 0) is 31.4 Å². The lowest BCUT2D eigenvalue weighted by Crippen LogP contribution is -2.46. The Morgan fingerprint density at radius 3 is 2.62 bits per heavy atom. The minimum Gasteiger partial charge on any atom is -0.393 e. The summed E-state index contributed by atoms with van der Waals surface area (Å²) in [7, 11) is -3.47. The Hall–Kier alpha value is -0.140. The highest BCUT2D eigenvalue weighted by Gasteiger charge is 2.32. The Morgan fingerprint density at radius 2 is 2.19 bits per heavy atom. The predicted octanol–water partition coefficient (Wildman–Crippen LogP) is 1.51. The summed E-state index contributed by atoms with van der Waals surface area (Å²) in [6.45, 7) is 1.77. The van der Waals surface area contributed by atoms with Crippen LogP contribution in [0.5, 0.6) is 0 Å². The number of hydrogen-bond donors (Lipinski definition) is 2. The second-order valence-corrected chi connectivity index (χ2v) is 7.56. The number of aliphatic hydroxyl groups excluding tert-OH is 1. The summed E-state index contributed by atoms with van der Waals surface area (Å²) in [6.07, 6.45) is 0.593. The number of hydrogen-bond acceptors (Lipinski definition) is 4. The van der Waals surface area contributed by atoms with Crippen LogP contribution in [0.25, 0.3) is 0 Å². The number of sulfonamides is 1. The van der Waals surface area contributed by atoms with Crippen molar-refractivity contribution in [1.82, 2.24) is 4.72 Å². The van der Waals surface area contributed by atoms with Gasteiger partial charge in [0.15, 0.2) is 0 Å². The van der Waals surface area contributed by atoms with Gasteiger partial charge in [-0.2, -0.15) is 0 Å². The summed E-state index contributed by atoms with van der Waals surface area (Å²) in [5.41, 5.74) is 0.765. The molecule has 7 heteroatoms. The van der Waals surface area contributed by atoms with Crippen molar-refractivity contribution in [2.24, 2.45) is 0 Å². The van der Waals surface area contributed by atoms with E-state index in [0.717, 1.165) is 16.9 Å². The van der Waals surface area contributed by atoms with Crippen molar-refractivity contribution >= 4 is 33.0 Å². The molecular weight excluding hydrogens is 270 g/mol. The highest BCUT2D eigenvalue weighted by molar-refractivity contribution is 7.91. The molecule has 4 nitrogen and oxygen atoms in total. The molecule has 2 N–H and O–H groups in total. The van der Waals surface area contributed by atoms with Gasteiger partial charge in [0, 0.05) is 6.04 Å². The Bertz CT molecular complexity index is 471. The molecule has 1 aliphatic carbocycles. The Labute approximate surface area is 103 Å². The van der Waals surface area contributed by atoms with Gasteiger partial charge in [-0.1, -0.05) is 11.6 Å². The van der Waals surface area contributed by atoms with Crippen molar-refractivity contribution in [3.05, 3.63) is 16.0 Å². The van der Waals surface area contributed by atoms with Crippen LogP contribution in [0.4, 0.5) is 0 Å². The monoisotopic (exact) mass is 281 g/mol. The van der Waals surface area contributed by atoms with Gasteiger partial charge in [0.25, 0.3) is 0 Å². The van der Waals surface area contributed by atoms with Crippen molar-refractivity contribution in [2.45, 2.75) is 36.1 Å². The third-order valence-electron chi connectivity index (χ3n) is 2.53. The molecule has 1 fully saturated rings. The van der Waals surface area contributed by atoms with E-state index in [1.165, 1.54) is 0 Å². The molecule has 16 heavy (non-hydrogen) atoms. The molecule has 0 aromatic carbocycles. The lowest BCUT2D eigenvalue weighted by molar-refractivity contribution is 0.0712. The molecule has 0 spiro atoms. The molecule has 0 saturated heterocycles. The minimum atomic E-state index is -3.47. The van der Waals surface area contributed by atoms with Crippen LogP contribution in [-0.2, 0) is 10.0 Å². The van der Waals surface area contributed by atoms with Gasteiger partial charge in [-0.3, -0.25) is 0 Å². The number of rotatable bonds is 3. The fourth-order valence-corrected chi connectivity index (χ4v) is 4.51. The molecule has 1 aromatic heterocycles. The molecule has 0 radical (unpaired) electrons. The fraction of sp³-hybridized carbons (Fsp3) is 0.556. The van der Waals surface area contributed by atoms with Crippen LogP contribution in [-0.4, -0.2) is 25.7 Å². The lowest BCUT2D eigenvalue weighted by Gasteiger charge is -2.31. The van der Waals surface area contributed by atoms with Gasteiger partial charge >= 0.3 is 0 Å².